The number of hydrogen-bond acceptors (Lipinski definition) is 4. The van der Waals surface area contributed by atoms with Crippen LogP contribution < -0.4 is 10.1 Å². The molecule has 0 saturated carbocycles. The number of nitrogens with one attached hydrogen (secondary N) is 1. The van der Waals surface area contributed by atoms with E-state index in [4.69, 9.17) is 4.74 Å². The first kappa shape index (κ1) is 12.5. The van der Waals surface area contributed by atoms with Crippen LogP contribution in [-0.4, -0.2) is 50.1 Å². The van der Waals surface area contributed by atoms with Gasteiger partial charge in [0.2, 0.25) is 0 Å². The number of amidine groups is 1. The lowest BCUT2D eigenvalue weighted by Gasteiger charge is -2.29. The largest absolute Gasteiger partial charge is 0.490 e. The summed E-state index contributed by atoms with van der Waals surface area (Å²) >= 11 is 0. The first-order chi connectivity index (χ1) is 9.31. The van der Waals surface area contributed by atoms with Gasteiger partial charge in [0, 0.05) is 25.2 Å². The monoisotopic (exact) mass is 259 g/mol. The summed E-state index contributed by atoms with van der Waals surface area (Å²) in [7, 11) is 2.17. The van der Waals surface area contributed by atoms with Crippen molar-refractivity contribution in [3.63, 3.8) is 0 Å². The van der Waals surface area contributed by atoms with Crippen LogP contribution in [0.5, 0.6) is 5.75 Å². The molecule has 0 atom stereocenters. The fraction of sp³-hybridized carbons (Fsp3) is 0.533. The summed E-state index contributed by atoms with van der Waals surface area (Å²) in [6, 6.07) is 8.27. The predicted octanol–water partition coefficient (Wildman–Crippen LogP) is 1.51. The molecule has 0 aliphatic carbocycles. The summed E-state index contributed by atoms with van der Waals surface area (Å²) < 4.78 is 6.03. The Hall–Kier alpha value is -1.55. The molecule has 2 aliphatic heterocycles. The molecule has 0 spiro atoms. The summed E-state index contributed by atoms with van der Waals surface area (Å²) in [5.41, 5.74) is 1.15. The Balaban J connectivity index is 1.60. The zero-order valence-corrected chi connectivity index (χ0v) is 11.4. The maximum Gasteiger partial charge on any atom is 0.128 e. The van der Waals surface area contributed by atoms with Crippen LogP contribution in [-0.2, 0) is 0 Å². The number of benzene rings is 1. The lowest BCUT2D eigenvalue weighted by Crippen LogP contribution is -2.35. The number of hydrogen-bond donors (Lipinski definition) is 1. The van der Waals surface area contributed by atoms with Gasteiger partial charge in [0.05, 0.1) is 6.54 Å². The van der Waals surface area contributed by atoms with Gasteiger partial charge in [-0.05, 0) is 44.2 Å². The van der Waals surface area contributed by atoms with Gasteiger partial charge in [0.15, 0.2) is 0 Å². The third kappa shape index (κ3) is 3.07. The molecule has 1 saturated heterocycles. The van der Waals surface area contributed by atoms with E-state index in [0.717, 1.165) is 56.2 Å². The Labute approximate surface area is 114 Å². The Bertz CT molecular complexity index is 447. The van der Waals surface area contributed by atoms with E-state index in [1.807, 2.05) is 0 Å². The summed E-state index contributed by atoms with van der Waals surface area (Å²) in [6.45, 7) is 4.08. The molecule has 0 unspecified atom stereocenters. The van der Waals surface area contributed by atoms with Crippen molar-refractivity contribution in [1.29, 1.82) is 0 Å². The minimum Gasteiger partial charge on any atom is -0.490 e. The smallest absolute Gasteiger partial charge is 0.128 e. The van der Waals surface area contributed by atoms with E-state index in [1.165, 1.54) is 0 Å². The van der Waals surface area contributed by atoms with Gasteiger partial charge in [-0.1, -0.05) is 0 Å². The molecule has 3 rings (SSSR count). The van der Waals surface area contributed by atoms with Crippen molar-refractivity contribution in [3.8, 4) is 5.75 Å². The second-order valence-electron chi connectivity index (χ2n) is 5.30. The highest BCUT2D eigenvalue weighted by atomic mass is 16.5. The van der Waals surface area contributed by atoms with Gasteiger partial charge in [-0.25, -0.2) is 0 Å². The van der Waals surface area contributed by atoms with Crippen LogP contribution in [0.4, 0.5) is 0 Å². The standard InChI is InChI=1S/C15H21N3O/c1-18-10-6-14(7-11-18)19-13-4-2-12(3-5-13)15-16-8-9-17-15/h2-5,14H,6-11H2,1H3,(H,16,17). The highest BCUT2D eigenvalue weighted by Crippen LogP contribution is 2.19. The van der Waals surface area contributed by atoms with E-state index in [1.54, 1.807) is 0 Å². The zero-order chi connectivity index (χ0) is 13.1. The quantitative estimate of drug-likeness (QED) is 0.894. The van der Waals surface area contributed by atoms with E-state index >= 15 is 0 Å². The first-order valence-electron chi connectivity index (χ1n) is 7.05. The van der Waals surface area contributed by atoms with Crippen LogP contribution in [0, 0.1) is 0 Å². The van der Waals surface area contributed by atoms with E-state index < -0.39 is 0 Å². The van der Waals surface area contributed by atoms with Crippen molar-refractivity contribution in [3.05, 3.63) is 29.8 Å². The highest BCUT2D eigenvalue weighted by molar-refractivity contribution is 5.99. The summed E-state index contributed by atoms with van der Waals surface area (Å²) in [6.07, 6.45) is 2.60. The van der Waals surface area contributed by atoms with Crippen molar-refractivity contribution < 1.29 is 4.74 Å². The minimum atomic E-state index is 0.365. The Morgan fingerprint density at radius 3 is 2.58 bits per heavy atom. The van der Waals surface area contributed by atoms with Crippen molar-refractivity contribution >= 4 is 5.84 Å². The van der Waals surface area contributed by atoms with Crippen LogP contribution in [0.1, 0.15) is 18.4 Å². The number of rotatable bonds is 3. The van der Waals surface area contributed by atoms with Crippen LogP contribution in [0.25, 0.3) is 0 Å². The number of piperidine rings is 1. The Morgan fingerprint density at radius 2 is 1.95 bits per heavy atom. The average molecular weight is 259 g/mol. The van der Waals surface area contributed by atoms with E-state index in [9.17, 15) is 0 Å². The van der Waals surface area contributed by atoms with Crippen LogP contribution in [0.3, 0.4) is 0 Å². The molecule has 102 valence electrons. The molecule has 1 N–H and O–H groups in total. The lowest BCUT2D eigenvalue weighted by atomic mass is 10.1. The Morgan fingerprint density at radius 1 is 1.21 bits per heavy atom. The lowest BCUT2D eigenvalue weighted by molar-refractivity contribution is 0.114. The van der Waals surface area contributed by atoms with Gasteiger partial charge < -0.3 is 15.0 Å². The van der Waals surface area contributed by atoms with Crippen LogP contribution in [0.15, 0.2) is 29.3 Å². The maximum absolute atomic E-state index is 6.03. The van der Waals surface area contributed by atoms with E-state index in [0.29, 0.717) is 6.10 Å². The minimum absolute atomic E-state index is 0.365. The average Bonchev–Trinajstić information content (AvgIpc) is 2.96. The molecule has 19 heavy (non-hydrogen) atoms. The number of likely N-dealkylation sites (tertiary alicyclic amines) is 1. The molecular formula is C15H21N3O. The molecule has 2 aliphatic rings. The highest BCUT2D eigenvalue weighted by Gasteiger charge is 2.18. The van der Waals surface area contributed by atoms with Gasteiger partial charge >= 0.3 is 0 Å². The van der Waals surface area contributed by atoms with Gasteiger partial charge in [0.1, 0.15) is 17.7 Å². The zero-order valence-electron chi connectivity index (χ0n) is 11.4. The number of nitrogens with zero attached hydrogens (tertiary/aromatic N) is 2. The normalized spacial score (nSPS) is 21.0. The molecule has 4 heteroatoms. The van der Waals surface area contributed by atoms with Crippen molar-refractivity contribution in [2.45, 2.75) is 18.9 Å². The molecular weight excluding hydrogens is 238 g/mol. The summed E-state index contributed by atoms with van der Waals surface area (Å²) in [5.74, 6) is 1.97. The molecule has 1 fully saturated rings. The number of aliphatic imine (C=N–C) groups is 1. The van der Waals surface area contributed by atoms with Gasteiger partial charge in [0.25, 0.3) is 0 Å². The first-order valence-corrected chi connectivity index (χ1v) is 7.05. The summed E-state index contributed by atoms with van der Waals surface area (Å²) in [5, 5.41) is 3.28. The maximum atomic E-state index is 6.03. The van der Waals surface area contributed by atoms with E-state index in [2.05, 4.69) is 46.5 Å². The van der Waals surface area contributed by atoms with E-state index in [-0.39, 0.29) is 0 Å². The second kappa shape index (κ2) is 5.61. The van der Waals surface area contributed by atoms with Crippen molar-refractivity contribution in [2.75, 3.05) is 33.2 Å². The van der Waals surface area contributed by atoms with Crippen LogP contribution >= 0.6 is 0 Å². The predicted molar refractivity (Wildman–Crippen MR) is 77.0 cm³/mol. The van der Waals surface area contributed by atoms with Crippen molar-refractivity contribution in [1.82, 2.24) is 10.2 Å². The second-order valence-corrected chi connectivity index (χ2v) is 5.30. The molecule has 0 aromatic heterocycles. The fourth-order valence-electron chi connectivity index (χ4n) is 2.58. The number of ether oxygens (including phenoxy) is 1. The molecule has 2 heterocycles. The fourth-order valence-corrected chi connectivity index (χ4v) is 2.58. The molecule has 0 amide bonds. The third-order valence-electron chi connectivity index (χ3n) is 3.77. The third-order valence-corrected chi connectivity index (χ3v) is 3.77. The molecule has 4 nitrogen and oxygen atoms in total. The molecule has 1 aromatic carbocycles. The topological polar surface area (TPSA) is 36.9 Å². The van der Waals surface area contributed by atoms with Crippen molar-refractivity contribution in [2.24, 2.45) is 4.99 Å². The summed E-state index contributed by atoms with van der Waals surface area (Å²) in [4.78, 5) is 6.77. The molecule has 0 radical (unpaired) electrons. The SMILES string of the molecule is CN1CCC(Oc2ccc(C3=NCCN3)cc2)CC1. The van der Waals surface area contributed by atoms with Gasteiger partial charge in [-0.2, -0.15) is 0 Å². The van der Waals surface area contributed by atoms with Gasteiger partial charge in [-0.3, -0.25) is 4.99 Å². The van der Waals surface area contributed by atoms with Gasteiger partial charge in [-0.15, -0.1) is 0 Å². The molecule has 1 aromatic rings. The molecule has 0 bridgehead atoms. The van der Waals surface area contributed by atoms with Crippen LogP contribution in [0.2, 0.25) is 0 Å². The Kier molecular flexibility index (Phi) is 3.69.